The van der Waals surface area contributed by atoms with E-state index in [1.165, 1.54) is 10.6 Å². The predicted molar refractivity (Wildman–Crippen MR) is 148 cm³/mol. The fraction of sp³-hybridized carbons (Fsp3) is 0.333. The van der Waals surface area contributed by atoms with Crippen molar-refractivity contribution in [3.63, 3.8) is 0 Å². The maximum Gasteiger partial charge on any atom is 0.305 e. The number of carbonyl (C=O) groups excluding carboxylic acids is 1. The third-order valence-corrected chi connectivity index (χ3v) is 6.83. The molecule has 0 saturated heterocycles. The first-order valence-electron chi connectivity index (χ1n) is 12.8. The highest BCUT2D eigenvalue weighted by atomic mass is 16.4. The van der Waals surface area contributed by atoms with Crippen LogP contribution in [0.4, 0.5) is 0 Å². The largest absolute Gasteiger partial charge is 0.481 e. The summed E-state index contributed by atoms with van der Waals surface area (Å²) in [5.74, 6) is -1.33. The molecule has 2 unspecified atom stereocenters. The number of imidazole rings is 1. The number of nitrogens with zero attached hydrogens (tertiary/aromatic N) is 2. The molecule has 0 bridgehead atoms. The van der Waals surface area contributed by atoms with Crippen molar-refractivity contribution < 1.29 is 14.7 Å². The molecular formula is C30H34N4O4. The Labute approximate surface area is 221 Å². The molecule has 0 radical (unpaired) electrons. The van der Waals surface area contributed by atoms with Gasteiger partial charge in [-0.1, -0.05) is 32.0 Å². The maximum atomic E-state index is 13.7. The minimum Gasteiger partial charge on any atom is -0.481 e. The monoisotopic (exact) mass is 514 g/mol. The van der Waals surface area contributed by atoms with Crippen LogP contribution in [0.15, 0.2) is 59.8 Å². The fourth-order valence-corrected chi connectivity index (χ4v) is 5.08. The lowest BCUT2D eigenvalue weighted by Crippen LogP contribution is -2.40. The number of benzene rings is 2. The number of aliphatic carboxylic acids is 1. The number of aromatic nitrogens is 3. The van der Waals surface area contributed by atoms with E-state index >= 15 is 0 Å². The summed E-state index contributed by atoms with van der Waals surface area (Å²) in [4.78, 5) is 46.1. The fourth-order valence-electron chi connectivity index (χ4n) is 5.08. The van der Waals surface area contributed by atoms with Crippen molar-refractivity contribution >= 4 is 22.9 Å². The standard InChI is InChI=1S/C30H34N4O4/c1-17(2)11-25(34-10-9-18(3)12-26(34)35)30(38)33-23(15-27(36)37)22-13-21(14-24-29(22)32-16-31-24)28-19(4)7-6-8-20(28)5/h6-10,12-14,16-17,23,25H,11,15H2,1-5H3,(H,31,32)(H,33,38)(H,36,37). The minimum absolute atomic E-state index is 0.127. The van der Waals surface area contributed by atoms with E-state index in [9.17, 15) is 19.5 Å². The summed E-state index contributed by atoms with van der Waals surface area (Å²) >= 11 is 0. The first kappa shape index (κ1) is 26.9. The lowest BCUT2D eigenvalue weighted by molar-refractivity contribution is -0.138. The van der Waals surface area contributed by atoms with Crippen molar-refractivity contribution in [2.75, 3.05) is 0 Å². The van der Waals surface area contributed by atoms with Gasteiger partial charge in [-0.2, -0.15) is 0 Å². The molecular weight excluding hydrogens is 480 g/mol. The number of pyridine rings is 1. The average molecular weight is 515 g/mol. The number of aromatic amines is 1. The number of aryl methyl sites for hydroxylation is 3. The van der Waals surface area contributed by atoms with Crippen molar-refractivity contribution in [2.24, 2.45) is 5.92 Å². The smallest absolute Gasteiger partial charge is 0.305 e. The first-order chi connectivity index (χ1) is 18.0. The molecule has 2 aromatic carbocycles. The summed E-state index contributed by atoms with van der Waals surface area (Å²) in [6.45, 7) is 9.85. The highest BCUT2D eigenvalue weighted by Crippen LogP contribution is 2.34. The highest BCUT2D eigenvalue weighted by molar-refractivity contribution is 5.88. The van der Waals surface area contributed by atoms with Crippen LogP contribution in [-0.2, 0) is 9.59 Å². The summed E-state index contributed by atoms with van der Waals surface area (Å²) in [6.07, 6.45) is 3.29. The molecule has 0 aliphatic carbocycles. The number of H-pyrrole nitrogens is 1. The molecule has 0 aliphatic rings. The Kier molecular flexibility index (Phi) is 7.80. The highest BCUT2D eigenvalue weighted by Gasteiger charge is 2.28. The van der Waals surface area contributed by atoms with Crippen LogP contribution in [0, 0.1) is 26.7 Å². The molecule has 2 heterocycles. The van der Waals surface area contributed by atoms with Crippen molar-refractivity contribution in [3.05, 3.63) is 87.6 Å². The molecule has 198 valence electrons. The molecule has 0 spiro atoms. The van der Waals surface area contributed by atoms with Crippen molar-refractivity contribution in [2.45, 2.75) is 59.5 Å². The summed E-state index contributed by atoms with van der Waals surface area (Å²) in [5.41, 5.74) is 6.62. The van der Waals surface area contributed by atoms with E-state index in [0.29, 0.717) is 17.5 Å². The first-order valence-corrected chi connectivity index (χ1v) is 12.8. The molecule has 3 N–H and O–H groups in total. The van der Waals surface area contributed by atoms with Crippen LogP contribution in [0.5, 0.6) is 0 Å². The Morgan fingerprint density at radius 1 is 1.08 bits per heavy atom. The van der Waals surface area contributed by atoms with Gasteiger partial charge in [0.1, 0.15) is 6.04 Å². The second-order valence-electron chi connectivity index (χ2n) is 10.4. The normalized spacial score (nSPS) is 13.0. The van der Waals surface area contributed by atoms with Gasteiger partial charge in [0.15, 0.2) is 0 Å². The van der Waals surface area contributed by atoms with Crippen LogP contribution >= 0.6 is 0 Å². The lowest BCUT2D eigenvalue weighted by Gasteiger charge is -2.25. The minimum atomic E-state index is -1.05. The van der Waals surface area contributed by atoms with E-state index in [4.69, 9.17) is 0 Å². The third-order valence-electron chi connectivity index (χ3n) is 6.83. The van der Waals surface area contributed by atoms with Gasteiger partial charge < -0.3 is 20.0 Å². The van der Waals surface area contributed by atoms with Gasteiger partial charge in [0, 0.05) is 17.8 Å². The Hall–Kier alpha value is -4.20. The number of hydrogen-bond acceptors (Lipinski definition) is 4. The molecule has 38 heavy (non-hydrogen) atoms. The summed E-state index contributed by atoms with van der Waals surface area (Å²) < 4.78 is 1.43. The van der Waals surface area contributed by atoms with Crippen LogP contribution in [0.3, 0.4) is 0 Å². The Bertz CT molecular complexity index is 1530. The summed E-state index contributed by atoms with van der Waals surface area (Å²) in [5, 5.41) is 12.8. The lowest BCUT2D eigenvalue weighted by atomic mass is 9.91. The SMILES string of the molecule is Cc1ccn(C(CC(C)C)C(=O)NC(CC(=O)O)c2cc(-c3c(C)cccc3C)cc3[nH]cnc23)c(=O)c1. The van der Waals surface area contributed by atoms with Gasteiger partial charge in [-0.15, -0.1) is 0 Å². The van der Waals surface area contributed by atoms with E-state index in [1.807, 2.05) is 65.0 Å². The van der Waals surface area contributed by atoms with Gasteiger partial charge in [-0.3, -0.25) is 14.4 Å². The van der Waals surface area contributed by atoms with E-state index in [1.54, 1.807) is 18.6 Å². The molecule has 4 aromatic rings. The zero-order chi connectivity index (χ0) is 27.6. The van der Waals surface area contributed by atoms with E-state index in [0.717, 1.165) is 33.3 Å². The quantitative estimate of drug-likeness (QED) is 0.283. The predicted octanol–water partition coefficient (Wildman–Crippen LogP) is 5.24. The Morgan fingerprint density at radius 2 is 1.79 bits per heavy atom. The molecule has 2 aromatic heterocycles. The van der Waals surface area contributed by atoms with Crippen LogP contribution in [-0.4, -0.2) is 31.5 Å². The van der Waals surface area contributed by atoms with Crippen molar-refractivity contribution in [1.29, 1.82) is 0 Å². The van der Waals surface area contributed by atoms with Crippen LogP contribution in [0.2, 0.25) is 0 Å². The molecule has 8 nitrogen and oxygen atoms in total. The molecule has 8 heteroatoms. The van der Waals surface area contributed by atoms with Gasteiger partial charge in [0.2, 0.25) is 5.91 Å². The number of carboxylic acids is 1. The molecule has 1 amide bonds. The van der Waals surface area contributed by atoms with Crippen LogP contribution in [0.25, 0.3) is 22.2 Å². The second kappa shape index (κ2) is 11.0. The van der Waals surface area contributed by atoms with E-state index in [2.05, 4.69) is 15.3 Å². The number of rotatable bonds is 9. The Balaban J connectivity index is 1.81. The molecule has 0 aliphatic heterocycles. The molecule has 4 rings (SSSR count). The van der Waals surface area contributed by atoms with Crippen molar-refractivity contribution in [3.8, 4) is 11.1 Å². The number of nitrogens with one attached hydrogen (secondary N) is 2. The Morgan fingerprint density at radius 3 is 2.42 bits per heavy atom. The van der Waals surface area contributed by atoms with Crippen LogP contribution < -0.4 is 10.9 Å². The average Bonchev–Trinajstić information content (AvgIpc) is 3.30. The number of carboxylic acid groups (broad SMARTS) is 1. The van der Waals surface area contributed by atoms with Crippen LogP contribution in [0.1, 0.15) is 61.0 Å². The maximum absolute atomic E-state index is 13.7. The summed E-state index contributed by atoms with van der Waals surface area (Å²) in [6, 6.07) is 11.6. The van der Waals surface area contributed by atoms with Gasteiger partial charge in [0.25, 0.3) is 5.56 Å². The molecule has 0 saturated carbocycles. The van der Waals surface area contributed by atoms with Gasteiger partial charge in [-0.05, 0) is 79.1 Å². The van der Waals surface area contributed by atoms with Crippen molar-refractivity contribution in [1.82, 2.24) is 19.9 Å². The zero-order valence-corrected chi connectivity index (χ0v) is 22.4. The topological polar surface area (TPSA) is 117 Å². The van der Waals surface area contributed by atoms with Gasteiger partial charge in [-0.25, -0.2) is 4.98 Å². The number of amides is 1. The number of carbonyl (C=O) groups is 2. The van der Waals surface area contributed by atoms with E-state index < -0.39 is 24.0 Å². The number of fused-ring (bicyclic) bond motifs is 1. The molecule has 2 atom stereocenters. The zero-order valence-electron chi connectivity index (χ0n) is 22.4. The number of hydrogen-bond donors (Lipinski definition) is 3. The second-order valence-corrected chi connectivity index (χ2v) is 10.4. The third kappa shape index (κ3) is 5.69. The van der Waals surface area contributed by atoms with Gasteiger partial charge >= 0.3 is 5.97 Å². The summed E-state index contributed by atoms with van der Waals surface area (Å²) in [7, 11) is 0. The van der Waals surface area contributed by atoms with E-state index in [-0.39, 0.29) is 17.9 Å². The van der Waals surface area contributed by atoms with Gasteiger partial charge in [0.05, 0.1) is 29.8 Å². The molecule has 0 fully saturated rings.